The lowest BCUT2D eigenvalue weighted by Crippen LogP contribution is -2.66. The molecule has 11 nitrogen and oxygen atoms in total. The van der Waals surface area contributed by atoms with Gasteiger partial charge < -0.3 is 27.8 Å². The van der Waals surface area contributed by atoms with Crippen molar-refractivity contribution in [3.8, 4) is 0 Å². The van der Waals surface area contributed by atoms with Crippen molar-refractivity contribution in [2.75, 3.05) is 11.9 Å². The zero-order valence-electron chi connectivity index (χ0n) is 24.1. The molecule has 2 unspecified atom stereocenters. The molecule has 3 heterocycles. The summed E-state index contributed by atoms with van der Waals surface area (Å²) in [6.45, 7) is 19.8. The second kappa shape index (κ2) is 11.7. The number of carbonyl (C=O) groups is 2. The highest BCUT2D eigenvalue weighted by Crippen LogP contribution is 2.48. The maximum absolute atomic E-state index is 13.0. The highest BCUT2D eigenvalue weighted by atomic mass is 28.5. The Kier molecular flexibility index (Phi) is 9.42. The number of hydrogen-bond donors (Lipinski definition) is 1. The molecule has 0 radical (unpaired) electrons. The molecule has 214 valence electrons. The van der Waals surface area contributed by atoms with Crippen molar-refractivity contribution in [2.45, 2.75) is 116 Å². The fraction of sp³-hybridized carbons (Fsp3) is 0.760. The maximum Gasteiger partial charge on any atom is 0.351 e. The van der Waals surface area contributed by atoms with Crippen LogP contribution < -0.4 is 11.0 Å². The minimum absolute atomic E-state index is 0.0626. The van der Waals surface area contributed by atoms with Crippen LogP contribution in [0.15, 0.2) is 17.1 Å². The molecule has 1 N–H and O–H groups in total. The monoisotopic (exact) mass is 569 g/mol. The number of esters is 1. The lowest BCUT2D eigenvalue weighted by Gasteiger charge is -2.51. The molecule has 0 saturated carbocycles. The summed E-state index contributed by atoms with van der Waals surface area (Å²) in [6, 6.07) is 1.49. The Labute approximate surface area is 227 Å². The Hall–Kier alpha value is -1.91. The molecular formula is C25H43N3O8Si2. The number of carbonyl (C=O) groups excluding carboxylic acids is 2. The number of ether oxygens (including phenoxy) is 2. The number of nitrogens with one attached hydrogen (secondary N) is 1. The summed E-state index contributed by atoms with van der Waals surface area (Å²) < 4.78 is 34.4. The van der Waals surface area contributed by atoms with Gasteiger partial charge in [0.25, 0.3) is 0 Å². The van der Waals surface area contributed by atoms with Gasteiger partial charge in [-0.05, 0) is 28.2 Å². The quantitative estimate of drug-likeness (QED) is 0.383. The maximum atomic E-state index is 13.0. The molecule has 0 aromatic carbocycles. The average Bonchev–Trinajstić information content (AvgIpc) is 3.08. The summed E-state index contributed by atoms with van der Waals surface area (Å²) in [4.78, 5) is 40.6. The van der Waals surface area contributed by atoms with Gasteiger partial charge in [-0.2, -0.15) is 4.98 Å². The molecule has 1 amide bonds. The Balaban J connectivity index is 2.13. The number of anilines is 1. The third kappa shape index (κ3) is 5.82. The Morgan fingerprint density at radius 2 is 1.61 bits per heavy atom. The molecule has 2 aliphatic heterocycles. The van der Waals surface area contributed by atoms with Crippen molar-refractivity contribution in [1.29, 1.82) is 0 Å². The van der Waals surface area contributed by atoms with Gasteiger partial charge in [0.2, 0.25) is 5.91 Å². The van der Waals surface area contributed by atoms with E-state index in [1.54, 1.807) is 0 Å². The number of fused-ring (bicyclic) bond motifs is 1. The van der Waals surface area contributed by atoms with Gasteiger partial charge in [0, 0.05) is 20.0 Å². The van der Waals surface area contributed by atoms with Gasteiger partial charge in [0.15, 0.2) is 12.3 Å². The van der Waals surface area contributed by atoms with Crippen molar-refractivity contribution in [2.24, 2.45) is 0 Å². The fourth-order valence-corrected chi connectivity index (χ4v) is 16.7. The molecule has 2 aliphatic rings. The van der Waals surface area contributed by atoms with Crippen LogP contribution in [0.1, 0.15) is 75.5 Å². The Morgan fingerprint density at radius 1 is 1.03 bits per heavy atom. The molecule has 1 aromatic rings. The summed E-state index contributed by atoms with van der Waals surface area (Å²) in [6.07, 6.45) is -1.79. The topological polar surface area (TPSA) is 127 Å². The minimum atomic E-state index is -3.02. The number of hydrogen-bond acceptors (Lipinski definition) is 9. The van der Waals surface area contributed by atoms with E-state index in [4.69, 9.17) is 22.4 Å². The van der Waals surface area contributed by atoms with E-state index >= 15 is 0 Å². The average molecular weight is 570 g/mol. The zero-order chi connectivity index (χ0) is 28.6. The van der Waals surface area contributed by atoms with Gasteiger partial charge in [0.05, 0.1) is 6.61 Å². The first-order chi connectivity index (χ1) is 17.6. The molecule has 13 heteroatoms. The Morgan fingerprint density at radius 3 is 2.08 bits per heavy atom. The van der Waals surface area contributed by atoms with E-state index in [-0.39, 0.29) is 40.5 Å². The normalized spacial score (nSPS) is 26.8. The van der Waals surface area contributed by atoms with E-state index in [2.05, 4.69) is 65.7 Å². The molecule has 4 atom stereocenters. The minimum Gasteiger partial charge on any atom is -0.455 e. The van der Waals surface area contributed by atoms with E-state index in [9.17, 15) is 14.4 Å². The smallest absolute Gasteiger partial charge is 0.351 e. The van der Waals surface area contributed by atoms with Crippen LogP contribution >= 0.6 is 0 Å². The van der Waals surface area contributed by atoms with Crippen LogP contribution in [0.25, 0.3) is 0 Å². The molecular weight excluding hydrogens is 526 g/mol. The van der Waals surface area contributed by atoms with Gasteiger partial charge in [-0.15, -0.1) is 0 Å². The van der Waals surface area contributed by atoms with Crippen LogP contribution in [-0.2, 0) is 32.0 Å². The number of aromatic nitrogens is 2. The van der Waals surface area contributed by atoms with Crippen molar-refractivity contribution in [3.05, 3.63) is 22.7 Å². The van der Waals surface area contributed by atoms with Crippen LogP contribution in [0.3, 0.4) is 0 Å². The largest absolute Gasteiger partial charge is 0.455 e. The second-order valence-corrected chi connectivity index (χ2v) is 20.2. The summed E-state index contributed by atoms with van der Waals surface area (Å²) in [5.41, 5.74) is -0.224. The van der Waals surface area contributed by atoms with Crippen LogP contribution in [-0.4, -0.2) is 63.5 Å². The summed E-state index contributed by atoms with van der Waals surface area (Å²) in [5.74, 6) is -0.752. The first-order valence-corrected chi connectivity index (χ1v) is 17.3. The lowest BCUT2D eigenvalue weighted by molar-refractivity contribution is -0.155. The third-order valence-electron chi connectivity index (χ3n) is 7.33. The fourth-order valence-electron chi connectivity index (χ4n) is 5.52. The second-order valence-electron chi connectivity index (χ2n) is 11.4. The Bertz CT molecular complexity index is 1060. The number of rotatable bonds is 7. The van der Waals surface area contributed by atoms with Crippen molar-refractivity contribution in [3.63, 3.8) is 0 Å². The predicted molar refractivity (Wildman–Crippen MR) is 146 cm³/mol. The summed E-state index contributed by atoms with van der Waals surface area (Å²) in [7, 11) is -5.82. The van der Waals surface area contributed by atoms with Crippen LogP contribution in [0.4, 0.5) is 5.82 Å². The highest BCUT2D eigenvalue weighted by molar-refractivity contribution is 6.84. The molecule has 38 heavy (non-hydrogen) atoms. The van der Waals surface area contributed by atoms with Gasteiger partial charge in [-0.3, -0.25) is 14.2 Å². The van der Waals surface area contributed by atoms with Crippen LogP contribution in [0, 0.1) is 0 Å². The van der Waals surface area contributed by atoms with E-state index in [1.807, 2.05) is 0 Å². The van der Waals surface area contributed by atoms with E-state index < -0.39 is 53.3 Å². The molecule has 2 saturated heterocycles. The molecule has 2 fully saturated rings. The SMILES string of the molecule is CC(=O)Nc1ccn([C@@H]2O[C@@H]3CO[Si](C(C)C)(C(C)C)O[Si](C(C)C)(C(C)C)OC3C2OC(C)=O)c(=O)n1. The van der Waals surface area contributed by atoms with Gasteiger partial charge in [-0.1, -0.05) is 55.4 Å². The molecule has 0 spiro atoms. The molecule has 0 aliphatic carbocycles. The lowest BCUT2D eigenvalue weighted by atomic mass is 10.1. The third-order valence-corrected chi connectivity index (χ3v) is 17.6. The van der Waals surface area contributed by atoms with E-state index in [0.717, 1.165) is 0 Å². The van der Waals surface area contributed by atoms with E-state index in [1.165, 1.54) is 30.7 Å². The zero-order valence-corrected chi connectivity index (χ0v) is 26.1. The van der Waals surface area contributed by atoms with Crippen LogP contribution in [0.2, 0.25) is 22.2 Å². The van der Waals surface area contributed by atoms with Crippen molar-refractivity contribution in [1.82, 2.24) is 9.55 Å². The molecule has 0 bridgehead atoms. The standard InChI is InChI=1S/C25H43N3O8Si2/c1-14(2)37(15(3)4)32-13-20-22(35-38(36-37,16(5)6)17(7)8)23(33-19(10)30)24(34-20)28-12-11-21(26-18(9)29)27-25(28)31/h11-12,14-17,20,22-24H,13H2,1-10H3,(H,26,27,29,31)/t20-,22?,23?,24-/m1/s1. The van der Waals surface area contributed by atoms with Gasteiger partial charge in [0.1, 0.15) is 18.0 Å². The van der Waals surface area contributed by atoms with Gasteiger partial charge in [-0.25, -0.2) is 4.79 Å². The molecule has 3 rings (SSSR count). The predicted octanol–water partition coefficient (Wildman–Crippen LogP) is 3.99. The van der Waals surface area contributed by atoms with Gasteiger partial charge >= 0.3 is 28.8 Å². The number of amides is 1. The van der Waals surface area contributed by atoms with E-state index in [0.29, 0.717) is 0 Å². The van der Waals surface area contributed by atoms with Crippen molar-refractivity contribution < 1.29 is 32.0 Å². The van der Waals surface area contributed by atoms with Crippen molar-refractivity contribution >= 4 is 34.8 Å². The summed E-state index contributed by atoms with van der Waals surface area (Å²) >= 11 is 0. The first kappa shape index (κ1) is 30.6. The van der Waals surface area contributed by atoms with Crippen LogP contribution in [0.5, 0.6) is 0 Å². The first-order valence-electron chi connectivity index (χ1n) is 13.4. The summed E-state index contributed by atoms with van der Waals surface area (Å²) in [5, 5.41) is 2.50. The highest BCUT2D eigenvalue weighted by Gasteiger charge is 2.62. The molecule has 1 aromatic heterocycles. The number of nitrogens with zero attached hydrogens (tertiary/aromatic N) is 2.